The first-order valence-electron chi connectivity index (χ1n) is 6.44. The average Bonchev–Trinajstić information content (AvgIpc) is 2.87. The van der Waals surface area contributed by atoms with Crippen molar-refractivity contribution in [3.05, 3.63) is 5.82 Å². The highest BCUT2D eigenvalue weighted by Gasteiger charge is 2.32. The van der Waals surface area contributed by atoms with Gasteiger partial charge in [-0.25, -0.2) is 4.98 Å². The molecule has 0 aliphatic heterocycles. The zero-order chi connectivity index (χ0) is 13.1. The van der Waals surface area contributed by atoms with Crippen LogP contribution in [-0.2, 0) is 11.2 Å². The van der Waals surface area contributed by atoms with Gasteiger partial charge in [0.2, 0.25) is 11.0 Å². The minimum absolute atomic E-state index is 0.0672. The third-order valence-electron chi connectivity index (χ3n) is 3.25. The number of aromatic nitrogens is 2. The summed E-state index contributed by atoms with van der Waals surface area (Å²) in [6.45, 7) is 4.29. The molecular formula is C12H20N4OS. The van der Waals surface area contributed by atoms with Crippen LogP contribution in [0.4, 0.5) is 5.13 Å². The molecule has 1 aromatic heterocycles. The summed E-state index contributed by atoms with van der Waals surface area (Å²) in [5.74, 6) is 1.16. The number of hydrogen-bond donors (Lipinski definition) is 2. The van der Waals surface area contributed by atoms with E-state index in [0.29, 0.717) is 5.92 Å². The van der Waals surface area contributed by atoms with Crippen molar-refractivity contribution in [3.8, 4) is 0 Å². The normalized spacial score (nSPS) is 23.5. The van der Waals surface area contributed by atoms with Gasteiger partial charge in [-0.3, -0.25) is 4.79 Å². The van der Waals surface area contributed by atoms with E-state index in [1.54, 1.807) is 0 Å². The highest BCUT2D eigenvalue weighted by atomic mass is 32.1. The zero-order valence-electron chi connectivity index (χ0n) is 10.8. The second-order valence-corrected chi connectivity index (χ2v) is 6.06. The van der Waals surface area contributed by atoms with E-state index in [2.05, 4.69) is 28.5 Å². The summed E-state index contributed by atoms with van der Waals surface area (Å²) in [5, 5.41) is 4.12. The second-order valence-electron chi connectivity index (χ2n) is 5.30. The SMILES string of the molecule is CC(C)Cc1nsc(NC2CCCC2C(N)=O)n1. The lowest BCUT2D eigenvalue weighted by Crippen LogP contribution is -2.34. The monoisotopic (exact) mass is 268 g/mol. The summed E-state index contributed by atoms with van der Waals surface area (Å²) in [7, 11) is 0. The van der Waals surface area contributed by atoms with Crippen molar-refractivity contribution in [1.29, 1.82) is 0 Å². The van der Waals surface area contributed by atoms with Gasteiger partial charge in [0.15, 0.2) is 0 Å². The molecule has 2 unspecified atom stereocenters. The summed E-state index contributed by atoms with van der Waals surface area (Å²) in [6, 6.07) is 0.127. The molecular weight excluding hydrogens is 248 g/mol. The summed E-state index contributed by atoms with van der Waals surface area (Å²) in [6.07, 6.45) is 3.79. The van der Waals surface area contributed by atoms with Gasteiger partial charge in [0.1, 0.15) is 5.82 Å². The first-order valence-corrected chi connectivity index (χ1v) is 7.22. The standard InChI is InChI=1S/C12H20N4OS/c1-7(2)6-10-15-12(18-16-10)14-9-5-3-4-8(9)11(13)17/h7-9H,3-6H2,1-2H3,(H2,13,17)(H,14,15,16). The minimum atomic E-state index is -0.211. The number of hydrogen-bond acceptors (Lipinski definition) is 5. The van der Waals surface area contributed by atoms with Gasteiger partial charge in [-0.15, -0.1) is 0 Å². The molecule has 6 heteroatoms. The number of carbonyl (C=O) groups is 1. The van der Waals surface area contributed by atoms with E-state index in [1.165, 1.54) is 11.5 Å². The van der Waals surface area contributed by atoms with Gasteiger partial charge in [0, 0.05) is 24.0 Å². The molecule has 5 nitrogen and oxygen atoms in total. The minimum Gasteiger partial charge on any atom is -0.369 e. The number of rotatable bonds is 5. The Balaban J connectivity index is 1.96. The molecule has 2 atom stereocenters. The van der Waals surface area contributed by atoms with Crippen molar-refractivity contribution in [2.24, 2.45) is 17.6 Å². The molecule has 1 amide bonds. The molecule has 0 radical (unpaired) electrons. The van der Waals surface area contributed by atoms with Crippen LogP contribution in [0.2, 0.25) is 0 Å². The number of nitrogens with two attached hydrogens (primary N) is 1. The first-order chi connectivity index (χ1) is 8.56. The van der Waals surface area contributed by atoms with Gasteiger partial charge >= 0.3 is 0 Å². The molecule has 1 aliphatic rings. The van der Waals surface area contributed by atoms with Gasteiger partial charge < -0.3 is 11.1 Å². The Morgan fingerprint density at radius 2 is 2.33 bits per heavy atom. The molecule has 1 aromatic rings. The Morgan fingerprint density at radius 1 is 1.56 bits per heavy atom. The Morgan fingerprint density at radius 3 is 3.00 bits per heavy atom. The molecule has 1 saturated carbocycles. The van der Waals surface area contributed by atoms with Gasteiger partial charge in [-0.2, -0.15) is 4.37 Å². The van der Waals surface area contributed by atoms with Crippen LogP contribution in [0.15, 0.2) is 0 Å². The highest BCUT2D eigenvalue weighted by Crippen LogP contribution is 2.29. The van der Waals surface area contributed by atoms with Crippen molar-refractivity contribution >= 4 is 22.6 Å². The summed E-state index contributed by atoms with van der Waals surface area (Å²) in [4.78, 5) is 15.8. The molecule has 18 heavy (non-hydrogen) atoms. The van der Waals surface area contributed by atoms with Crippen molar-refractivity contribution in [3.63, 3.8) is 0 Å². The fraction of sp³-hybridized carbons (Fsp3) is 0.750. The summed E-state index contributed by atoms with van der Waals surface area (Å²) < 4.78 is 4.32. The van der Waals surface area contributed by atoms with Crippen LogP contribution in [0.1, 0.15) is 38.9 Å². The highest BCUT2D eigenvalue weighted by molar-refractivity contribution is 7.09. The number of carbonyl (C=O) groups excluding carboxylic acids is 1. The molecule has 1 aliphatic carbocycles. The lowest BCUT2D eigenvalue weighted by molar-refractivity contribution is -0.121. The van der Waals surface area contributed by atoms with Crippen LogP contribution in [-0.4, -0.2) is 21.3 Å². The third kappa shape index (κ3) is 3.19. The lowest BCUT2D eigenvalue weighted by Gasteiger charge is -2.16. The Hall–Kier alpha value is -1.17. The first kappa shape index (κ1) is 13.3. The molecule has 0 aromatic carbocycles. The third-order valence-corrected chi connectivity index (χ3v) is 3.93. The Labute approximate surface area is 111 Å². The topological polar surface area (TPSA) is 80.9 Å². The van der Waals surface area contributed by atoms with Gasteiger partial charge in [0.05, 0.1) is 5.92 Å². The van der Waals surface area contributed by atoms with Crippen LogP contribution in [0.3, 0.4) is 0 Å². The molecule has 100 valence electrons. The van der Waals surface area contributed by atoms with Crippen LogP contribution >= 0.6 is 11.5 Å². The van der Waals surface area contributed by atoms with E-state index >= 15 is 0 Å². The van der Waals surface area contributed by atoms with Gasteiger partial charge in [0.25, 0.3) is 0 Å². The maximum atomic E-state index is 11.3. The fourth-order valence-electron chi connectivity index (χ4n) is 2.39. The largest absolute Gasteiger partial charge is 0.369 e. The van der Waals surface area contributed by atoms with Gasteiger partial charge in [-0.05, 0) is 18.8 Å². The van der Waals surface area contributed by atoms with Crippen LogP contribution in [0.25, 0.3) is 0 Å². The van der Waals surface area contributed by atoms with Crippen molar-refractivity contribution in [1.82, 2.24) is 9.36 Å². The van der Waals surface area contributed by atoms with E-state index in [0.717, 1.165) is 36.6 Å². The quantitative estimate of drug-likeness (QED) is 0.853. The zero-order valence-corrected chi connectivity index (χ0v) is 11.7. The molecule has 0 spiro atoms. The molecule has 0 saturated heterocycles. The van der Waals surface area contributed by atoms with Gasteiger partial charge in [-0.1, -0.05) is 20.3 Å². The average molecular weight is 268 g/mol. The van der Waals surface area contributed by atoms with Crippen molar-refractivity contribution < 1.29 is 4.79 Å². The lowest BCUT2D eigenvalue weighted by atomic mass is 10.0. The predicted molar refractivity (Wildman–Crippen MR) is 72.4 cm³/mol. The van der Waals surface area contributed by atoms with Crippen LogP contribution in [0.5, 0.6) is 0 Å². The van der Waals surface area contributed by atoms with Crippen LogP contribution < -0.4 is 11.1 Å². The van der Waals surface area contributed by atoms with E-state index < -0.39 is 0 Å². The fourth-order valence-corrected chi connectivity index (χ4v) is 3.05. The molecule has 0 bridgehead atoms. The molecule has 1 fully saturated rings. The molecule has 2 rings (SSSR count). The number of amides is 1. The number of nitrogens with zero attached hydrogens (tertiary/aromatic N) is 2. The molecule has 1 heterocycles. The summed E-state index contributed by atoms with van der Waals surface area (Å²) in [5.41, 5.74) is 5.40. The van der Waals surface area contributed by atoms with Crippen molar-refractivity contribution in [2.45, 2.75) is 45.6 Å². The molecule has 3 N–H and O–H groups in total. The maximum absolute atomic E-state index is 11.3. The van der Waals surface area contributed by atoms with Crippen LogP contribution in [0, 0.1) is 11.8 Å². The van der Waals surface area contributed by atoms with E-state index in [9.17, 15) is 4.79 Å². The smallest absolute Gasteiger partial charge is 0.222 e. The Kier molecular flexibility index (Phi) is 4.16. The van der Waals surface area contributed by atoms with E-state index in [-0.39, 0.29) is 17.9 Å². The number of nitrogens with one attached hydrogen (secondary N) is 1. The maximum Gasteiger partial charge on any atom is 0.222 e. The second kappa shape index (κ2) is 5.65. The van der Waals surface area contributed by atoms with E-state index in [1.807, 2.05) is 0 Å². The summed E-state index contributed by atoms with van der Waals surface area (Å²) >= 11 is 1.37. The number of primary amides is 1. The Bertz CT molecular complexity index is 418. The van der Waals surface area contributed by atoms with Crippen molar-refractivity contribution in [2.75, 3.05) is 5.32 Å². The van der Waals surface area contributed by atoms with E-state index in [4.69, 9.17) is 5.73 Å². The number of anilines is 1. The predicted octanol–water partition coefficient (Wildman–Crippen LogP) is 1.80.